The van der Waals surface area contributed by atoms with Gasteiger partial charge in [-0.25, -0.2) is 14.6 Å². The van der Waals surface area contributed by atoms with E-state index in [1.165, 1.54) is 0 Å². The van der Waals surface area contributed by atoms with Crippen LogP contribution in [0.2, 0.25) is 5.15 Å². The Hall–Kier alpha value is -2.40. The second-order valence-electron chi connectivity index (χ2n) is 4.42. The normalized spacial score (nSPS) is 11.5. The summed E-state index contributed by atoms with van der Waals surface area (Å²) in [6, 6.07) is 9.52. The van der Waals surface area contributed by atoms with Gasteiger partial charge >= 0.3 is 0 Å². The highest BCUT2D eigenvalue weighted by molar-refractivity contribution is 6.29. The number of anilines is 1. The van der Waals surface area contributed by atoms with Crippen LogP contribution in [0.15, 0.2) is 41.6 Å². The van der Waals surface area contributed by atoms with E-state index in [-0.39, 0.29) is 0 Å². The molecule has 0 aliphatic heterocycles. The van der Waals surface area contributed by atoms with Crippen LogP contribution in [0, 0.1) is 6.92 Å². The number of nitrogen functional groups attached to an aromatic ring is 1. The molecule has 2 N–H and O–H groups in total. The zero-order valence-electron chi connectivity index (χ0n) is 10.8. The molecule has 0 atom stereocenters. The van der Waals surface area contributed by atoms with E-state index in [1.54, 1.807) is 23.2 Å². The summed E-state index contributed by atoms with van der Waals surface area (Å²) in [6.07, 6.45) is 3.50. The molecule has 2 aromatic heterocycles. The lowest BCUT2D eigenvalue weighted by atomic mass is 10.1. The molecule has 3 aromatic rings. The number of imidazole rings is 1. The predicted octanol–water partition coefficient (Wildman–Crippen LogP) is 2.86. The van der Waals surface area contributed by atoms with Gasteiger partial charge < -0.3 is 5.73 Å². The van der Waals surface area contributed by atoms with Gasteiger partial charge in [0.1, 0.15) is 5.15 Å². The van der Waals surface area contributed by atoms with E-state index in [2.05, 4.69) is 15.1 Å². The maximum atomic E-state index is 5.86. The average Bonchev–Trinajstić information content (AvgIpc) is 2.74. The summed E-state index contributed by atoms with van der Waals surface area (Å²) >= 11 is 5.86. The molecule has 0 saturated carbocycles. The van der Waals surface area contributed by atoms with Crippen molar-refractivity contribution in [2.45, 2.75) is 6.92 Å². The Morgan fingerprint density at radius 3 is 2.85 bits per heavy atom. The van der Waals surface area contributed by atoms with E-state index < -0.39 is 0 Å². The van der Waals surface area contributed by atoms with Crippen molar-refractivity contribution in [1.82, 2.24) is 14.6 Å². The third kappa shape index (κ3) is 2.48. The Labute approximate surface area is 120 Å². The number of aryl methyl sites for hydroxylation is 1. The summed E-state index contributed by atoms with van der Waals surface area (Å²) in [5.74, 6) is 0.369. The third-order valence-electron chi connectivity index (χ3n) is 2.85. The van der Waals surface area contributed by atoms with Crippen molar-refractivity contribution in [3.63, 3.8) is 0 Å². The molecule has 3 rings (SSSR count). The van der Waals surface area contributed by atoms with Gasteiger partial charge in [0.15, 0.2) is 0 Å². The summed E-state index contributed by atoms with van der Waals surface area (Å²) in [6.45, 7) is 1.87. The van der Waals surface area contributed by atoms with Gasteiger partial charge in [0.25, 0.3) is 0 Å². The maximum absolute atomic E-state index is 5.86. The standard InChI is InChI=1S/C14H12ClN5/c1-9-8-20(14(16)18-9)17-7-10-2-4-12-11(6-10)3-5-13(15)19-12/h2-8H,1H3,(H2,16,18). The van der Waals surface area contributed by atoms with Crippen LogP contribution in [0.3, 0.4) is 0 Å². The van der Waals surface area contributed by atoms with Crippen molar-refractivity contribution < 1.29 is 0 Å². The highest BCUT2D eigenvalue weighted by Gasteiger charge is 2.00. The van der Waals surface area contributed by atoms with Gasteiger partial charge in [-0.3, -0.25) is 0 Å². The van der Waals surface area contributed by atoms with Crippen LogP contribution in [0.4, 0.5) is 5.95 Å². The molecule has 0 unspecified atom stereocenters. The minimum absolute atomic E-state index is 0.369. The van der Waals surface area contributed by atoms with Gasteiger partial charge in [-0.15, -0.1) is 0 Å². The van der Waals surface area contributed by atoms with Crippen molar-refractivity contribution in [1.29, 1.82) is 0 Å². The summed E-state index contributed by atoms with van der Waals surface area (Å²) in [5, 5.41) is 5.77. The van der Waals surface area contributed by atoms with Crippen LogP contribution in [-0.2, 0) is 0 Å². The number of aromatic nitrogens is 3. The molecule has 100 valence electrons. The van der Waals surface area contributed by atoms with Gasteiger partial charge in [-0.2, -0.15) is 5.10 Å². The zero-order chi connectivity index (χ0) is 14.1. The quantitative estimate of drug-likeness (QED) is 0.581. The lowest BCUT2D eigenvalue weighted by Crippen LogP contribution is -1.97. The summed E-state index contributed by atoms with van der Waals surface area (Å²) < 4.78 is 1.54. The van der Waals surface area contributed by atoms with Crippen molar-refractivity contribution >= 4 is 34.7 Å². The van der Waals surface area contributed by atoms with Crippen molar-refractivity contribution in [3.05, 3.63) is 52.9 Å². The van der Waals surface area contributed by atoms with Crippen LogP contribution in [0.5, 0.6) is 0 Å². The molecule has 0 saturated heterocycles. The summed E-state index contributed by atoms with van der Waals surface area (Å²) in [7, 11) is 0. The molecular weight excluding hydrogens is 274 g/mol. The number of fused-ring (bicyclic) bond motifs is 1. The fourth-order valence-electron chi connectivity index (χ4n) is 1.92. The molecule has 1 aromatic carbocycles. The number of hydrogen-bond donors (Lipinski definition) is 1. The van der Waals surface area contributed by atoms with Crippen LogP contribution < -0.4 is 5.73 Å². The van der Waals surface area contributed by atoms with Gasteiger partial charge in [0.2, 0.25) is 5.95 Å². The molecule has 0 amide bonds. The van der Waals surface area contributed by atoms with E-state index in [0.717, 1.165) is 22.2 Å². The van der Waals surface area contributed by atoms with Crippen molar-refractivity contribution in [3.8, 4) is 0 Å². The second-order valence-corrected chi connectivity index (χ2v) is 4.80. The van der Waals surface area contributed by atoms with E-state index >= 15 is 0 Å². The van der Waals surface area contributed by atoms with E-state index in [1.807, 2.05) is 31.2 Å². The fraction of sp³-hybridized carbons (Fsp3) is 0.0714. The Morgan fingerprint density at radius 1 is 1.25 bits per heavy atom. The van der Waals surface area contributed by atoms with Gasteiger partial charge in [0, 0.05) is 5.39 Å². The summed E-state index contributed by atoms with van der Waals surface area (Å²) in [5.41, 5.74) is 8.36. The van der Waals surface area contributed by atoms with Gasteiger partial charge in [-0.1, -0.05) is 17.7 Å². The molecule has 0 bridgehead atoms. The van der Waals surface area contributed by atoms with Crippen LogP contribution in [-0.4, -0.2) is 20.9 Å². The first kappa shape index (κ1) is 12.6. The van der Waals surface area contributed by atoms with Crippen LogP contribution >= 0.6 is 11.6 Å². The first-order valence-corrected chi connectivity index (χ1v) is 6.42. The van der Waals surface area contributed by atoms with Crippen LogP contribution in [0.1, 0.15) is 11.3 Å². The Morgan fingerprint density at radius 2 is 2.10 bits per heavy atom. The van der Waals surface area contributed by atoms with Crippen molar-refractivity contribution in [2.24, 2.45) is 5.10 Å². The number of nitrogens with two attached hydrogens (primary N) is 1. The molecule has 0 aliphatic carbocycles. The van der Waals surface area contributed by atoms with Crippen LogP contribution in [0.25, 0.3) is 10.9 Å². The number of halogens is 1. The number of nitrogens with zero attached hydrogens (tertiary/aromatic N) is 4. The topological polar surface area (TPSA) is 69.1 Å². The number of pyridine rings is 1. The molecular formula is C14H12ClN5. The highest BCUT2D eigenvalue weighted by Crippen LogP contribution is 2.16. The SMILES string of the molecule is Cc1cn(N=Cc2ccc3nc(Cl)ccc3c2)c(N)n1. The summed E-state index contributed by atoms with van der Waals surface area (Å²) in [4.78, 5) is 8.32. The average molecular weight is 286 g/mol. The first-order chi connectivity index (χ1) is 9.61. The first-order valence-electron chi connectivity index (χ1n) is 6.04. The predicted molar refractivity (Wildman–Crippen MR) is 81.1 cm³/mol. The minimum Gasteiger partial charge on any atom is -0.368 e. The Bertz CT molecular complexity index is 806. The lowest BCUT2D eigenvalue weighted by Gasteiger charge is -2.00. The molecule has 0 radical (unpaired) electrons. The minimum atomic E-state index is 0.369. The van der Waals surface area contributed by atoms with Gasteiger partial charge in [0.05, 0.1) is 23.6 Å². The highest BCUT2D eigenvalue weighted by atomic mass is 35.5. The molecule has 2 heterocycles. The molecule has 0 fully saturated rings. The van der Waals surface area contributed by atoms with Gasteiger partial charge in [-0.05, 0) is 36.8 Å². The Kier molecular flexibility index (Phi) is 3.12. The molecule has 5 nitrogen and oxygen atoms in total. The lowest BCUT2D eigenvalue weighted by molar-refractivity contribution is 0.897. The van der Waals surface area contributed by atoms with Crippen molar-refractivity contribution in [2.75, 3.05) is 5.73 Å². The number of hydrogen-bond acceptors (Lipinski definition) is 4. The molecule has 20 heavy (non-hydrogen) atoms. The number of benzene rings is 1. The second kappa shape index (κ2) is 4.94. The Balaban J connectivity index is 1.94. The van der Waals surface area contributed by atoms with E-state index in [9.17, 15) is 0 Å². The zero-order valence-corrected chi connectivity index (χ0v) is 11.5. The fourth-order valence-corrected chi connectivity index (χ4v) is 2.08. The van der Waals surface area contributed by atoms with E-state index in [0.29, 0.717) is 11.1 Å². The largest absolute Gasteiger partial charge is 0.368 e. The number of rotatable bonds is 2. The monoisotopic (exact) mass is 285 g/mol. The molecule has 0 spiro atoms. The molecule has 6 heteroatoms. The van der Waals surface area contributed by atoms with E-state index in [4.69, 9.17) is 17.3 Å². The third-order valence-corrected chi connectivity index (χ3v) is 3.06. The smallest absolute Gasteiger partial charge is 0.221 e. The maximum Gasteiger partial charge on any atom is 0.221 e. The molecule has 0 aliphatic rings.